The number of hydrogen-bond acceptors (Lipinski definition) is 1. The van der Waals surface area contributed by atoms with Crippen LogP contribution in [0.2, 0.25) is 5.02 Å². The molecule has 0 aliphatic carbocycles. The van der Waals surface area contributed by atoms with Gasteiger partial charge in [-0.3, -0.25) is 0 Å². The van der Waals surface area contributed by atoms with E-state index in [0.29, 0.717) is 18.3 Å². The Labute approximate surface area is 86.2 Å². The van der Waals surface area contributed by atoms with E-state index in [2.05, 4.69) is 0 Å². The van der Waals surface area contributed by atoms with Gasteiger partial charge in [-0.05, 0) is 29.7 Å². The number of benzene rings is 1. The van der Waals surface area contributed by atoms with Crippen LogP contribution in [-0.2, 0) is 6.42 Å². The summed E-state index contributed by atoms with van der Waals surface area (Å²) >= 11 is 5.56. The third-order valence-electron chi connectivity index (χ3n) is 1.83. The van der Waals surface area contributed by atoms with Gasteiger partial charge in [-0.2, -0.15) is 0 Å². The second-order valence-corrected chi connectivity index (χ2v) is 3.30. The molecular formula is C10H10ClF2N. The molecule has 0 amide bonds. The lowest BCUT2D eigenvalue weighted by Gasteiger charge is -2.03. The fourth-order valence-corrected chi connectivity index (χ4v) is 1.27. The first-order valence-electron chi connectivity index (χ1n) is 4.09. The Hall–Kier alpha value is -0.930. The molecule has 0 aromatic heterocycles. The maximum atomic E-state index is 12.8. The van der Waals surface area contributed by atoms with Crippen LogP contribution in [0.15, 0.2) is 30.1 Å². The van der Waals surface area contributed by atoms with Gasteiger partial charge in [0.2, 0.25) is 0 Å². The molecule has 76 valence electrons. The minimum absolute atomic E-state index is 0.0396. The van der Waals surface area contributed by atoms with Crippen LogP contribution in [0.25, 0.3) is 0 Å². The summed E-state index contributed by atoms with van der Waals surface area (Å²) in [4.78, 5) is 0. The zero-order valence-electron chi connectivity index (χ0n) is 7.43. The van der Waals surface area contributed by atoms with Gasteiger partial charge >= 0.3 is 0 Å². The predicted molar refractivity (Wildman–Crippen MR) is 53.4 cm³/mol. The minimum Gasteiger partial charge on any atom is -0.327 e. The normalized spacial score (nSPS) is 11.9. The van der Waals surface area contributed by atoms with Crippen molar-refractivity contribution in [3.8, 4) is 0 Å². The number of hydrogen-bond donors (Lipinski definition) is 1. The van der Waals surface area contributed by atoms with Gasteiger partial charge in [0, 0.05) is 6.54 Å². The molecule has 0 bridgehead atoms. The van der Waals surface area contributed by atoms with E-state index in [1.54, 1.807) is 6.07 Å². The van der Waals surface area contributed by atoms with E-state index in [1.807, 2.05) is 0 Å². The monoisotopic (exact) mass is 217 g/mol. The van der Waals surface area contributed by atoms with Crippen molar-refractivity contribution < 1.29 is 8.78 Å². The van der Waals surface area contributed by atoms with E-state index in [9.17, 15) is 8.78 Å². The molecule has 1 aromatic rings. The molecule has 1 rings (SSSR count). The second-order valence-electron chi connectivity index (χ2n) is 2.90. The average molecular weight is 218 g/mol. The molecule has 0 aliphatic rings. The third kappa shape index (κ3) is 2.79. The van der Waals surface area contributed by atoms with Crippen molar-refractivity contribution in [2.75, 3.05) is 6.54 Å². The largest absolute Gasteiger partial charge is 0.327 e. The standard InChI is InChI=1S/C10H10ClF2N/c11-9-4-7(1-2-10(9)13)3-8(5-12)6-14/h1-2,4-5H,3,6,14H2. The smallest absolute Gasteiger partial charge is 0.141 e. The molecule has 4 heteroatoms. The van der Waals surface area contributed by atoms with Gasteiger partial charge in [0.25, 0.3) is 0 Å². The van der Waals surface area contributed by atoms with Gasteiger partial charge in [-0.25, -0.2) is 8.78 Å². The van der Waals surface area contributed by atoms with Gasteiger partial charge in [0.05, 0.1) is 11.4 Å². The average Bonchev–Trinajstić information content (AvgIpc) is 2.19. The maximum absolute atomic E-state index is 12.8. The highest BCUT2D eigenvalue weighted by Crippen LogP contribution is 2.17. The summed E-state index contributed by atoms with van der Waals surface area (Å²) in [7, 11) is 0. The fourth-order valence-electron chi connectivity index (χ4n) is 1.07. The van der Waals surface area contributed by atoms with E-state index in [4.69, 9.17) is 17.3 Å². The van der Waals surface area contributed by atoms with Crippen LogP contribution in [0.5, 0.6) is 0 Å². The molecule has 0 spiro atoms. The van der Waals surface area contributed by atoms with Crippen molar-refractivity contribution in [3.05, 3.63) is 46.5 Å². The molecule has 1 aromatic carbocycles. The molecule has 1 nitrogen and oxygen atoms in total. The number of nitrogens with two attached hydrogens (primary N) is 1. The van der Waals surface area contributed by atoms with Crippen molar-refractivity contribution in [2.45, 2.75) is 6.42 Å². The molecule has 0 radical (unpaired) electrons. The van der Waals surface area contributed by atoms with Crippen LogP contribution in [-0.4, -0.2) is 6.54 Å². The van der Waals surface area contributed by atoms with Crippen molar-refractivity contribution in [3.63, 3.8) is 0 Å². The van der Waals surface area contributed by atoms with Crippen LogP contribution in [0.3, 0.4) is 0 Å². The molecule has 0 saturated heterocycles. The Morgan fingerprint density at radius 2 is 2.21 bits per heavy atom. The SMILES string of the molecule is NCC(=CF)Cc1ccc(F)c(Cl)c1. The molecular weight excluding hydrogens is 208 g/mol. The molecule has 0 atom stereocenters. The third-order valence-corrected chi connectivity index (χ3v) is 2.12. The quantitative estimate of drug-likeness (QED) is 0.828. The van der Waals surface area contributed by atoms with Crippen LogP contribution >= 0.6 is 11.6 Å². The molecule has 0 heterocycles. The summed E-state index contributed by atoms with van der Waals surface area (Å²) in [5, 5.41) is 0.0396. The molecule has 0 saturated carbocycles. The first-order chi connectivity index (χ1) is 6.67. The van der Waals surface area contributed by atoms with E-state index >= 15 is 0 Å². The summed E-state index contributed by atoms with van der Waals surface area (Å²) in [6.45, 7) is 0.144. The first-order valence-corrected chi connectivity index (χ1v) is 4.47. The fraction of sp³-hybridized carbons (Fsp3) is 0.200. The topological polar surface area (TPSA) is 26.0 Å². The van der Waals surface area contributed by atoms with Crippen molar-refractivity contribution >= 4 is 11.6 Å². The number of rotatable bonds is 3. The summed E-state index contributed by atoms with van der Waals surface area (Å²) in [6.07, 6.45) is 0.824. The van der Waals surface area contributed by atoms with E-state index in [1.165, 1.54) is 12.1 Å². The molecule has 0 fully saturated rings. The molecule has 0 unspecified atom stereocenters. The predicted octanol–water partition coefficient (Wildman–Crippen LogP) is 2.83. The van der Waals surface area contributed by atoms with E-state index < -0.39 is 5.82 Å². The molecule has 0 aliphatic heterocycles. The van der Waals surface area contributed by atoms with Crippen molar-refractivity contribution in [1.29, 1.82) is 0 Å². The van der Waals surface area contributed by atoms with E-state index in [-0.39, 0.29) is 11.6 Å². The highest BCUT2D eigenvalue weighted by molar-refractivity contribution is 6.30. The maximum Gasteiger partial charge on any atom is 0.141 e. The molecule has 14 heavy (non-hydrogen) atoms. The van der Waals surface area contributed by atoms with Gasteiger partial charge in [0.15, 0.2) is 0 Å². The van der Waals surface area contributed by atoms with Crippen molar-refractivity contribution in [1.82, 2.24) is 0 Å². The lowest BCUT2D eigenvalue weighted by molar-refractivity contribution is 0.627. The van der Waals surface area contributed by atoms with Gasteiger partial charge < -0.3 is 5.73 Å². The Kier molecular flexibility index (Phi) is 4.04. The zero-order valence-corrected chi connectivity index (χ0v) is 8.19. The lowest BCUT2D eigenvalue weighted by atomic mass is 10.1. The summed E-state index contributed by atoms with van der Waals surface area (Å²) in [6, 6.07) is 4.28. The van der Waals surface area contributed by atoms with Gasteiger partial charge in [0.1, 0.15) is 5.82 Å². The molecule has 2 N–H and O–H groups in total. The highest BCUT2D eigenvalue weighted by Gasteiger charge is 2.02. The van der Waals surface area contributed by atoms with Crippen molar-refractivity contribution in [2.24, 2.45) is 5.73 Å². The Bertz CT molecular complexity index is 350. The minimum atomic E-state index is -0.478. The summed E-state index contributed by atoms with van der Waals surface area (Å²) in [5.41, 5.74) is 6.48. The zero-order chi connectivity index (χ0) is 10.6. The van der Waals surface area contributed by atoms with Crippen LogP contribution in [0.1, 0.15) is 5.56 Å². The summed E-state index contributed by atoms with van der Waals surface area (Å²) in [5.74, 6) is -0.478. The Morgan fingerprint density at radius 1 is 1.50 bits per heavy atom. The first kappa shape index (κ1) is 11.1. The van der Waals surface area contributed by atoms with Crippen LogP contribution < -0.4 is 5.73 Å². The summed E-state index contributed by atoms with van der Waals surface area (Å²) < 4.78 is 24.9. The van der Waals surface area contributed by atoms with Crippen LogP contribution in [0.4, 0.5) is 8.78 Å². The van der Waals surface area contributed by atoms with Crippen LogP contribution in [0, 0.1) is 5.82 Å². The Balaban J connectivity index is 2.82. The van der Waals surface area contributed by atoms with Gasteiger partial charge in [-0.1, -0.05) is 17.7 Å². The number of halogens is 3. The van der Waals surface area contributed by atoms with Gasteiger partial charge in [-0.15, -0.1) is 0 Å². The second kappa shape index (κ2) is 5.08. The lowest BCUT2D eigenvalue weighted by Crippen LogP contribution is -2.05. The van der Waals surface area contributed by atoms with E-state index in [0.717, 1.165) is 5.56 Å². The highest BCUT2D eigenvalue weighted by atomic mass is 35.5. The Morgan fingerprint density at radius 3 is 2.71 bits per heavy atom.